The molecule has 0 aromatic rings. The van der Waals surface area contributed by atoms with Gasteiger partial charge in [0.05, 0.1) is 11.2 Å². The minimum absolute atomic E-state index is 0.118. The number of fused-ring (bicyclic) bond motifs is 3. The second-order valence-corrected chi connectivity index (χ2v) is 8.33. The number of esters is 3. The molecule has 3 aliphatic rings. The highest BCUT2D eigenvalue weighted by Gasteiger charge is 2.52. The Bertz CT molecular complexity index is 866. The predicted octanol–water partition coefficient (Wildman–Crippen LogP) is 2.46. The van der Waals surface area contributed by atoms with Crippen molar-refractivity contribution in [1.29, 1.82) is 0 Å². The monoisotopic (exact) mass is 420 g/mol. The first-order chi connectivity index (χ1) is 14.0. The Kier molecular flexibility index (Phi) is 5.93. The van der Waals surface area contributed by atoms with Crippen LogP contribution in [0.15, 0.2) is 34.6 Å². The quantitative estimate of drug-likeness (QED) is 0.420. The van der Waals surface area contributed by atoms with Crippen LogP contribution in [0, 0.1) is 5.92 Å². The molecule has 0 aromatic carbocycles. The zero-order chi connectivity index (χ0) is 22.3. The normalized spacial score (nSPS) is 35.5. The number of carbonyl (C=O) groups excluding carboxylic acids is 3. The van der Waals surface area contributed by atoms with Gasteiger partial charge in [0.1, 0.15) is 18.5 Å². The first kappa shape index (κ1) is 22.2. The molecule has 0 amide bonds. The van der Waals surface area contributed by atoms with Crippen molar-refractivity contribution in [3.63, 3.8) is 0 Å². The van der Waals surface area contributed by atoms with Gasteiger partial charge < -0.3 is 24.1 Å². The van der Waals surface area contributed by atoms with E-state index in [0.29, 0.717) is 24.0 Å². The van der Waals surface area contributed by atoms with Crippen LogP contribution in [0.1, 0.15) is 53.9 Å². The fraction of sp³-hybridized carbons (Fsp3) is 0.591. The maximum atomic E-state index is 12.6. The molecule has 0 spiro atoms. The molecule has 8 heteroatoms. The molecule has 0 radical (unpaired) electrons. The summed E-state index contributed by atoms with van der Waals surface area (Å²) in [5.41, 5.74) is 0.0157. The van der Waals surface area contributed by atoms with Crippen LogP contribution >= 0.6 is 0 Å². The van der Waals surface area contributed by atoms with Gasteiger partial charge in [0.25, 0.3) is 0 Å². The van der Waals surface area contributed by atoms with E-state index >= 15 is 0 Å². The smallest absolute Gasteiger partial charge is 0.343 e. The second-order valence-electron chi connectivity index (χ2n) is 8.33. The molecular formula is C22H28O8. The fourth-order valence-electron chi connectivity index (χ4n) is 3.98. The predicted molar refractivity (Wildman–Crippen MR) is 105 cm³/mol. The average molecular weight is 420 g/mol. The van der Waals surface area contributed by atoms with Crippen LogP contribution < -0.4 is 0 Å². The van der Waals surface area contributed by atoms with Crippen molar-refractivity contribution >= 4 is 17.9 Å². The topological polar surface area (TPSA) is 108 Å². The molecule has 1 N–H and O–H groups in total. The molecule has 3 heterocycles. The van der Waals surface area contributed by atoms with E-state index in [0.717, 1.165) is 0 Å². The van der Waals surface area contributed by atoms with Crippen LogP contribution in [0.3, 0.4) is 0 Å². The highest BCUT2D eigenvalue weighted by atomic mass is 16.6. The minimum Gasteiger partial charge on any atom is -0.461 e. The number of rotatable bonds is 4. The number of carbonyl (C=O) groups is 3. The van der Waals surface area contributed by atoms with Crippen molar-refractivity contribution in [2.45, 2.75) is 71.4 Å². The third-order valence-corrected chi connectivity index (χ3v) is 5.95. The summed E-state index contributed by atoms with van der Waals surface area (Å²) in [5, 5.41) is 11.1. The maximum Gasteiger partial charge on any atom is 0.343 e. The Labute approximate surface area is 175 Å². The first-order valence-electron chi connectivity index (χ1n) is 10.1. The first-order valence-corrected chi connectivity index (χ1v) is 10.1. The van der Waals surface area contributed by atoms with E-state index in [4.69, 9.17) is 18.9 Å². The van der Waals surface area contributed by atoms with Crippen molar-refractivity contribution < 1.29 is 38.4 Å². The third-order valence-electron chi connectivity index (χ3n) is 5.95. The zero-order valence-corrected chi connectivity index (χ0v) is 17.9. The molecule has 3 rings (SSSR count). The molecule has 1 fully saturated rings. The van der Waals surface area contributed by atoms with Crippen LogP contribution in [0.2, 0.25) is 0 Å². The summed E-state index contributed by atoms with van der Waals surface area (Å²) in [6.45, 7) is 7.90. The SMILES string of the molecule is C/C=C(\C)C(=O)OC1CC(C)[C@]2(O)CC[C@](C)(/C=C3/OC(=O)C(COC(C)=O)=C31)O2. The Morgan fingerprint density at radius 3 is 2.67 bits per heavy atom. The van der Waals surface area contributed by atoms with Gasteiger partial charge in [-0.15, -0.1) is 0 Å². The van der Waals surface area contributed by atoms with Crippen molar-refractivity contribution in [3.05, 3.63) is 34.6 Å². The maximum absolute atomic E-state index is 12.6. The highest BCUT2D eigenvalue weighted by molar-refractivity contribution is 5.96. The van der Waals surface area contributed by atoms with Crippen molar-refractivity contribution in [3.8, 4) is 0 Å². The van der Waals surface area contributed by atoms with Crippen LogP contribution in [-0.2, 0) is 33.3 Å². The van der Waals surface area contributed by atoms with E-state index in [9.17, 15) is 19.5 Å². The zero-order valence-electron chi connectivity index (χ0n) is 17.9. The number of aliphatic hydroxyl groups is 1. The lowest BCUT2D eigenvalue weighted by Crippen LogP contribution is -2.40. The summed E-state index contributed by atoms with van der Waals surface area (Å²) in [7, 11) is 0. The Morgan fingerprint density at radius 2 is 2.03 bits per heavy atom. The minimum atomic E-state index is -1.40. The molecule has 1 saturated heterocycles. The lowest BCUT2D eigenvalue weighted by atomic mass is 9.86. The fourth-order valence-corrected chi connectivity index (χ4v) is 3.98. The summed E-state index contributed by atoms with van der Waals surface area (Å²) in [4.78, 5) is 36.5. The number of hydrogen-bond acceptors (Lipinski definition) is 8. The Hall–Kier alpha value is -2.45. The lowest BCUT2D eigenvalue weighted by Gasteiger charge is -2.33. The van der Waals surface area contributed by atoms with E-state index in [1.165, 1.54) is 6.92 Å². The van der Waals surface area contributed by atoms with Gasteiger partial charge in [0.15, 0.2) is 5.79 Å². The van der Waals surface area contributed by atoms with Gasteiger partial charge in [0, 0.05) is 30.4 Å². The summed E-state index contributed by atoms with van der Waals surface area (Å²) >= 11 is 0. The van der Waals surface area contributed by atoms with E-state index in [-0.39, 0.29) is 24.4 Å². The van der Waals surface area contributed by atoms with Crippen molar-refractivity contribution in [2.24, 2.45) is 5.92 Å². The molecule has 0 aliphatic carbocycles. The number of ether oxygens (including phenoxy) is 4. The van der Waals surface area contributed by atoms with Gasteiger partial charge in [-0.05, 0) is 39.7 Å². The Morgan fingerprint density at radius 1 is 1.33 bits per heavy atom. The van der Waals surface area contributed by atoms with Gasteiger partial charge in [-0.1, -0.05) is 13.0 Å². The van der Waals surface area contributed by atoms with Crippen LogP contribution in [0.25, 0.3) is 0 Å². The molecule has 2 bridgehead atoms. The largest absolute Gasteiger partial charge is 0.461 e. The number of allylic oxidation sites excluding steroid dienone is 1. The van der Waals surface area contributed by atoms with E-state index in [1.54, 1.807) is 32.9 Å². The molecule has 8 nitrogen and oxygen atoms in total. The van der Waals surface area contributed by atoms with Crippen LogP contribution in [-0.4, -0.2) is 47.1 Å². The van der Waals surface area contributed by atoms with E-state index < -0.39 is 41.3 Å². The van der Waals surface area contributed by atoms with Crippen LogP contribution in [0.4, 0.5) is 0 Å². The van der Waals surface area contributed by atoms with Crippen LogP contribution in [0.5, 0.6) is 0 Å². The molecule has 2 unspecified atom stereocenters. The molecule has 4 atom stereocenters. The molecule has 0 aromatic heterocycles. The number of hydrogen-bond donors (Lipinski definition) is 1. The average Bonchev–Trinajstić information content (AvgIpc) is 3.14. The molecule has 0 saturated carbocycles. The van der Waals surface area contributed by atoms with Crippen molar-refractivity contribution in [2.75, 3.05) is 6.61 Å². The van der Waals surface area contributed by atoms with Gasteiger partial charge in [-0.3, -0.25) is 4.79 Å². The molecule has 3 aliphatic heterocycles. The van der Waals surface area contributed by atoms with Gasteiger partial charge in [-0.25, -0.2) is 9.59 Å². The highest BCUT2D eigenvalue weighted by Crippen LogP contribution is 2.47. The third kappa shape index (κ3) is 4.20. The summed E-state index contributed by atoms with van der Waals surface area (Å²) < 4.78 is 22.3. The second kappa shape index (κ2) is 8.00. The Balaban J connectivity index is 2.12. The van der Waals surface area contributed by atoms with Gasteiger partial charge >= 0.3 is 17.9 Å². The summed E-state index contributed by atoms with van der Waals surface area (Å²) in [6.07, 6.45) is 3.51. The molecular weight excluding hydrogens is 392 g/mol. The van der Waals surface area contributed by atoms with E-state index in [2.05, 4.69) is 0 Å². The molecule has 164 valence electrons. The lowest BCUT2D eigenvalue weighted by molar-refractivity contribution is -0.238. The molecule has 30 heavy (non-hydrogen) atoms. The standard InChI is InChI=1S/C22H28O8/c1-6-12(2)19(24)28-16-9-13(3)22(26)8-7-21(5,30-22)10-17-18(16)15(20(25)29-17)11-27-14(4)23/h6,10,13,16,26H,7-9,11H2,1-5H3/b12-6+,17-10+/t13?,16?,21-,22+/m1/s1. The van der Waals surface area contributed by atoms with Gasteiger partial charge in [-0.2, -0.15) is 0 Å². The summed E-state index contributed by atoms with van der Waals surface area (Å²) in [5.74, 6) is -3.35. The van der Waals surface area contributed by atoms with Gasteiger partial charge in [0.2, 0.25) is 0 Å². The summed E-state index contributed by atoms with van der Waals surface area (Å²) in [6, 6.07) is 0. The van der Waals surface area contributed by atoms with Crippen molar-refractivity contribution in [1.82, 2.24) is 0 Å². The van der Waals surface area contributed by atoms with E-state index in [1.807, 2.05) is 6.92 Å².